The van der Waals surface area contributed by atoms with Gasteiger partial charge in [0, 0.05) is 6.20 Å². The molecular weight excluding hydrogens is 252 g/mol. The summed E-state index contributed by atoms with van der Waals surface area (Å²) < 4.78 is 6.38. The number of furan rings is 1. The Morgan fingerprint density at radius 3 is 2.89 bits per heavy atom. The fourth-order valence-electron chi connectivity index (χ4n) is 1.46. The van der Waals surface area contributed by atoms with Crippen LogP contribution >= 0.6 is 0 Å². The first-order valence-electron chi connectivity index (χ1n) is 5.43. The van der Waals surface area contributed by atoms with Crippen molar-refractivity contribution in [3.63, 3.8) is 0 Å². The van der Waals surface area contributed by atoms with Gasteiger partial charge in [0.05, 0.1) is 18.4 Å². The molecule has 8 nitrogen and oxygen atoms in total. The van der Waals surface area contributed by atoms with E-state index in [0.29, 0.717) is 11.4 Å². The summed E-state index contributed by atoms with van der Waals surface area (Å²) in [6.07, 6.45) is 2.77. The highest BCUT2D eigenvalue weighted by Crippen LogP contribution is 2.11. The Kier molecular flexibility index (Phi) is 3.62. The molecule has 4 N–H and O–H groups in total. The van der Waals surface area contributed by atoms with Gasteiger partial charge in [-0.3, -0.25) is 14.3 Å². The Labute approximate surface area is 107 Å². The van der Waals surface area contributed by atoms with E-state index in [1.165, 1.54) is 23.1 Å². The van der Waals surface area contributed by atoms with E-state index in [-0.39, 0.29) is 18.8 Å². The number of anilines is 1. The van der Waals surface area contributed by atoms with Crippen molar-refractivity contribution in [2.45, 2.75) is 13.1 Å². The molecule has 0 unspecified atom stereocenters. The van der Waals surface area contributed by atoms with E-state index < -0.39 is 11.9 Å². The number of aliphatic carboxylic acids is 1. The van der Waals surface area contributed by atoms with E-state index in [0.717, 1.165) is 0 Å². The minimum Gasteiger partial charge on any atom is -0.480 e. The van der Waals surface area contributed by atoms with Gasteiger partial charge in [-0.25, -0.2) is 0 Å². The van der Waals surface area contributed by atoms with Crippen LogP contribution in [0.4, 0.5) is 5.69 Å². The lowest BCUT2D eigenvalue weighted by Crippen LogP contribution is -2.11. The van der Waals surface area contributed by atoms with Crippen LogP contribution in [0.5, 0.6) is 0 Å². The summed E-state index contributed by atoms with van der Waals surface area (Å²) in [7, 11) is 0. The number of nitrogens with one attached hydrogen (secondary N) is 1. The third-order valence-electron chi connectivity index (χ3n) is 2.27. The highest BCUT2D eigenvalue weighted by atomic mass is 16.4. The Bertz CT molecular complexity index is 601. The van der Waals surface area contributed by atoms with Crippen molar-refractivity contribution in [3.8, 4) is 0 Å². The van der Waals surface area contributed by atoms with E-state index in [9.17, 15) is 9.59 Å². The van der Waals surface area contributed by atoms with Crippen LogP contribution in [0.1, 0.15) is 16.3 Å². The number of rotatable bonds is 5. The molecule has 2 aromatic heterocycles. The second kappa shape index (κ2) is 5.36. The third-order valence-corrected chi connectivity index (χ3v) is 2.27. The molecule has 2 rings (SSSR count). The van der Waals surface area contributed by atoms with Crippen molar-refractivity contribution in [2.24, 2.45) is 5.73 Å². The lowest BCUT2D eigenvalue weighted by atomic mass is 10.4. The molecule has 0 atom stereocenters. The van der Waals surface area contributed by atoms with Gasteiger partial charge in [-0.15, -0.1) is 0 Å². The summed E-state index contributed by atoms with van der Waals surface area (Å²) in [5.74, 6) is -0.827. The molecule has 8 heteroatoms. The topological polar surface area (TPSA) is 123 Å². The number of carboxylic acid groups (broad SMARTS) is 1. The highest BCUT2D eigenvalue weighted by molar-refractivity contribution is 6.02. The van der Waals surface area contributed by atoms with Crippen LogP contribution in [0.2, 0.25) is 0 Å². The Morgan fingerprint density at radius 1 is 1.47 bits per heavy atom. The maximum absolute atomic E-state index is 11.8. The van der Waals surface area contributed by atoms with Crippen LogP contribution in [-0.2, 0) is 17.9 Å². The number of aromatic nitrogens is 2. The minimum absolute atomic E-state index is 0.131. The van der Waals surface area contributed by atoms with Gasteiger partial charge >= 0.3 is 5.97 Å². The molecule has 0 aliphatic rings. The lowest BCUT2D eigenvalue weighted by Gasteiger charge is -1.98. The number of carbonyl (C=O) groups excluding carboxylic acids is 1. The van der Waals surface area contributed by atoms with Crippen LogP contribution in [0.25, 0.3) is 0 Å². The number of hydrogen-bond donors (Lipinski definition) is 3. The van der Waals surface area contributed by atoms with E-state index in [1.807, 2.05) is 0 Å². The van der Waals surface area contributed by atoms with E-state index in [4.69, 9.17) is 15.3 Å². The average Bonchev–Trinajstić information content (AvgIpc) is 2.97. The summed E-state index contributed by atoms with van der Waals surface area (Å²) in [5.41, 5.74) is 5.76. The van der Waals surface area contributed by atoms with Crippen molar-refractivity contribution in [1.29, 1.82) is 0 Å². The van der Waals surface area contributed by atoms with Gasteiger partial charge in [0.15, 0.2) is 5.76 Å². The van der Waals surface area contributed by atoms with Crippen LogP contribution in [0.3, 0.4) is 0 Å². The molecule has 0 fully saturated rings. The molecule has 0 radical (unpaired) electrons. The van der Waals surface area contributed by atoms with Gasteiger partial charge < -0.3 is 20.6 Å². The van der Waals surface area contributed by atoms with Gasteiger partial charge in [-0.05, 0) is 12.1 Å². The number of nitrogens with zero attached hydrogens (tertiary/aromatic N) is 2. The second-order valence-electron chi connectivity index (χ2n) is 3.74. The van der Waals surface area contributed by atoms with Crippen molar-refractivity contribution in [3.05, 3.63) is 36.0 Å². The Hall–Kier alpha value is -2.61. The second-order valence-corrected chi connectivity index (χ2v) is 3.74. The fraction of sp³-hybridized carbons (Fsp3) is 0.182. The summed E-state index contributed by atoms with van der Waals surface area (Å²) >= 11 is 0. The normalized spacial score (nSPS) is 10.4. The first-order valence-corrected chi connectivity index (χ1v) is 5.43. The number of hydrogen-bond acceptors (Lipinski definition) is 5. The molecule has 0 aromatic carbocycles. The minimum atomic E-state index is -1.01. The zero-order chi connectivity index (χ0) is 13.8. The summed E-state index contributed by atoms with van der Waals surface area (Å²) in [6.45, 7) is -0.0578. The van der Waals surface area contributed by atoms with Crippen molar-refractivity contribution in [2.75, 3.05) is 5.32 Å². The smallest absolute Gasteiger partial charge is 0.325 e. The standard InChI is InChI=1S/C11H12N4O4/c12-3-8-1-2-9(19-8)11(18)14-7-4-13-15(5-7)6-10(16)17/h1-2,4-5H,3,6,12H2,(H,14,18)(H,16,17). The monoisotopic (exact) mass is 264 g/mol. The molecule has 0 saturated heterocycles. The molecule has 0 spiro atoms. The molecular formula is C11H12N4O4. The van der Waals surface area contributed by atoms with Gasteiger partial charge in [0.1, 0.15) is 12.3 Å². The molecule has 0 bridgehead atoms. The molecule has 100 valence electrons. The van der Waals surface area contributed by atoms with E-state index in [2.05, 4.69) is 10.4 Å². The fourth-order valence-corrected chi connectivity index (χ4v) is 1.46. The first kappa shape index (κ1) is 12.8. The van der Waals surface area contributed by atoms with E-state index in [1.54, 1.807) is 6.07 Å². The summed E-state index contributed by atoms with van der Waals surface area (Å²) in [4.78, 5) is 22.3. The zero-order valence-corrected chi connectivity index (χ0v) is 9.87. The zero-order valence-electron chi connectivity index (χ0n) is 9.87. The van der Waals surface area contributed by atoms with Crippen LogP contribution in [0, 0.1) is 0 Å². The van der Waals surface area contributed by atoms with Gasteiger partial charge in [0.2, 0.25) is 0 Å². The molecule has 0 aliphatic carbocycles. The molecule has 2 aromatic rings. The molecule has 2 heterocycles. The van der Waals surface area contributed by atoms with Crippen LogP contribution in [-0.4, -0.2) is 26.8 Å². The van der Waals surface area contributed by atoms with Crippen molar-refractivity contribution in [1.82, 2.24) is 9.78 Å². The maximum atomic E-state index is 11.8. The molecule has 0 aliphatic heterocycles. The molecule has 19 heavy (non-hydrogen) atoms. The number of carboxylic acids is 1. The highest BCUT2D eigenvalue weighted by Gasteiger charge is 2.12. The van der Waals surface area contributed by atoms with E-state index >= 15 is 0 Å². The number of amides is 1. The lowest BCUT2D eigenvalue weighted by molar-refractivity contribution is -0.137. The predicted octanol–water partition coefficient (Wildman–Crippen LogP) is 0.272. The number of nitrogens with two attached hydrogens (primary N) is 1. The van der Waals surface area contributed by atoms with Crippen LogP contribution in [0.15, 0.2) is 28.9 Å². The largest absolute Gasteiger partial charge is 0.480 e. The first-order chi connectivity index (χ1) is 9.08. The number of carbonyl (C=O) groups is 2. The Morgan fingerprint density at radius 2 is 2.26 bits per heavy atom. The van der Waals surface area contributed by atoms with Crippen molar-refractivity contribution >= 4 is 17.6 Å². The summed E-state index contributed by atoms with van der Waals surface area (Å²) in [6, 6.07) is 3.13. The van der Waals surface area contributed by atoms with Gasteiger partial charge in [0.25, 0.3) is 5.91 Å². The maximum Gasteiger partial charge on any atom is 0.325 e. The van der Waals surface area contributed by atoms with Gasteiger partial charge in [-0.1, -0.05) is 0 Å². The van der Waals surface area contributed by atoms with Gasteiger partial charge in [-0.2, -0.15) is 5.10 Å². The molecule has 0 saturated carbocycles. The third kappa shape index (κ3) is 3.19. The van der Waals surface area contributed by atoms with Crippen LogP contribution < -0.4 is 11.1 Å². The van der Waals surface area contributed by atoms with Crippen molar-refractivity contribution < 1.29 is 19.1 Å². The average molecular weight is 264 g/mol. The molecule has 1 amide bonds. The summed E-state index contributed by atoms with van der Waals surface area (Å²) in [5, 5.41) is 14.9. The predicted molar refractivity (Wildman–Crippen MR) is 64.4 cm³/mol. The quantitative estimate of drug-likeness (QED) is 0.712. The Balaban J connectivity index is 2.02. The SMILES string of the molecule is NCc1ccc(C(=O)Nc2cnn(CC(=O)O)c2)o1.